The summed E-state index contributed by atoms with van der Waals surface area (Å²) in [5.74, 6) is -1.08. The van der Waals surface area contributed by atoms with E-state index in [1.165, 1.54) is 30.7 Å². The normalized spacial score (nSPS) is 11.0. The minimum Gasteiger partial charge on any atom is -0.350 e. The summed E-state index contributed by atoms with van der Waals surface area (Å²) >= 11 is 0. The number of carbonyl (C=O) groups is 1. The number of benzene rings is 2. The molecule has 0 bridgehead atoms. The van der Waals surface area contributed by atoms with E-state index in [9.17, 15) is 14.0 Å². The Morgan fingerprint density at radius 3 is 2.67 bits per heavy atom. The third-order valence-electron chi connectivity index (χ3n) is 4.82. The first-order valence-electron chi connectivity index (χ1n) is 9.52. The number of hydrogen-bond donors (Lipinski definition) is 1. The van der Waals surface area contributed by atoms with Crippen LogP contribution in [0.2, 0.25) is 0 Å². The molecule has 0 saturated heterocycles. The number of aromatic nitrogens is 4. The Bertz CT molecular complexity index is 1260. The Morgan fingerprint density at radius 2 is 1.90 bits per heavy atom. The molecule has 0 spiro atoms. The van der Waals surface area contributed by atoms with Crippen molar-refractivity contribution in [3.8, 4) is 0 Å². The smallest absolute Gasteiger partial charge is 0.264 e. The van der Waals surface area contributed by atoms with Crippen molar-refractivity contribution in [1.29, 1.82) is 0 Å². The molecule has 0 aliphatic heterocycles. The number of nitrogens with zero attached hydrogens (tertiary/aromatic N) is 4. The molecule has 1 N–H and O–H groups in total. The van der Waals surface area contributed by atoms with E-state index >= 15 is 0 Å². The summed E-state index contributed by atoms with van der Waals surface area (Å²) in [5.41, 5.74) is 2.41. The van der Waals surface area contributed by atoms with E-state index in [1.54, 1.807) is 15.3 Å². The van der Waals surface area contributed by atoms with Gasteiger partial charge in [-0.25, -0.2) is 14.1 Å². The Hall–Kier alpha value is -3.81. The highest BCUT2D eigenvalue weighted by Crippen LogP contribution is 2.09. The van der Waals surface area contributed by atoms with Crippen molar-refractivity contribution < 1.29 is 9.18 Å². The zero-order valence-corrected chi connectivity index (χ0v) is 16.4. The van der Waals surface area contributed by atoms with E-state index < -0.39 is 11.7 Å². The number of rotatable bonds is 6. The third kappa shape index (κ3) is 3.98. The van der Waals surface area contributed by atoms with Crippen molar-refractivity contribution in [3.63, 3.8) is 0 Å². The molecule has 1 amide bonds. The molecule has 4 aromatic rings. The van der Waals surface area contributed by atoms with E-state index in [-0.39, 0.29) is 17.7 Å². The molecule has 0 aliphatic rings. The molecule has 2 aromatic carbocycles. The Morgan fingerprint density at radius 1 is 1.13 bits per heavy atom. The van der Waals surface area contributed by atoms with Crippen LogP contribution in [0.1, 0.15) is 21.5 Å². The van der Waals surface area contributed by atoms with Crippen molar-refractivity contribution in [2.24, 2.45) is 0 Å². The summed E-state index contributed by atoms with van der Waals surface area (Å²) in [7, 11) is 0. The van der Waals surface area contributed by atoms with Gasteiger partial charge in [-0.05, 0) is 24.6 Å². The molecule has 0 radical (unpaired) electrons. The Balaban J connectivity index is 1.46. The van der Waals surface area contributed by atoms with E-state index in [1.807, 2.05) is 31.2 Å². The molecular formula is C22H20FN5O2. The molecule has 0 saturated carbocycles. The van der Waals surface area contributed by atoms with Gasteiger partial charge in [-0.1, -0.05) is 42.0 Å². The second kappa shape index (κ2) is 8.28. The molecular weight excluding hydrogens is 385 g/mol. The first kappa shape index (κ1) is 19.5. The molecule has 2 aromatic heterocycles. The number of halogens is 1. The SMILES string of the molecule is Cc1ccc(Cn2cnc3c(cnn3CCNC(=O)c3ccccc3F)c2=O)cc1. The minimum atomic E-state index is -0.574. The van der Waals surface area contributed by atoms with Crippen LogP contribution < -0.4 is 10.9 Å². The monoisotopic (exact) mass is 405 g/mol. The molecule has 7 nitrogen and oxygen atoms in total. The van der Waals surface area contributed by atoms with Gasteiger partial charge < -0.3 is 5.32 Å². The summed E-state index contributed by atoms with van der Waals surface area (Å²) in [6.07, 6.45) is 2.98. The molecule has 0 atom stereocenters. The molecule has 2 heterocycles. The molecule has 0 aliphatic carbocycles. The molecule has 8 heteroatoms. The molecule has 30 heavy (non-hydrogen) atoms. The van der Waals surface area contributed by atoms with Crippen LogP contribution in [0.25, 0.3) is 11.0 Å². The first-order valence-corrected chi connectivity index (χ1v) is 9.52. The van der Waals surface area contributed by atoms with Crippen molar-refractivity contribution in [3.05, 3.63) is 93.9 Å². The van der Waals surface area contributed by atoms with Crippen LogP contribution in [0, 0.1) is 12.7 Å². The number of nitrogens with one attached hydrogen (secondary N) is 1. The van der Waals surface area contributed by atoms with Crippen LogP contribution in [0.4, 0.5) is 4.39 Å². The van der Waals surface area contributed by atoms with Crippen molar-refractivity contribution in [1.82, 2.24) is 24.6 Å². The van der Waals surface area contributed by atoms with Gasteiger partial charge in [-0.2, -0.15) is 5.10 Å². The minimum absolute atomic E-state index is 0.0139. The Kier molecular flexibility index (Phi) is 5.38. The van der Waals surface area contributed by atoms with Gasteiger partial charge in [-0.3, -0.25) is 14.2 Å². The lowest BCUT2D eigenvalue weighted by molar-refractivity contribution is 0.0948. The Labute approximate surface area is 171 Å². The van der Waals surface area contributed by atoms with Gasteiger partial charge in [0.1, 0.15) is 17.5 Å². The van der Waals surface area contributed by atoms with Crippen LogP contribution >= 0.6 is 0 Å². The summed E-state index contributed by atoms with van der Waals surface area (Å²) < 4.78 is 16.8. The predicted octanol–water partition coefficient (Wildman–Crippen LogP) is 2.52. The van der Waals surface area contributed by atoms with Crippen LogP contribution in [0.5, 0.6) is 0 Å². The van der Waals surface area contributed by atoms with E-state index in [4.69, 9.17) is 0 Å². The maximum atomic E-state index is 13.7. The molecule has 0 fully saturated rings. The van der Waals surface area contributed by atoms with Crippen LogP contribution in [0.15, 0.2) is 65.8 Å². The van der Waals surface area contributed by atoms with Gasteiger partial charge in [0.15, 0.2) is 5.65 Å². The fraction of sp³-hybridized carbons (Fsp3) is 0.182. The van der Waals surface area contributed by atoms with Crippen LogP contribution in [0.3, 0.4) is 0 Å². The molecule has 152 valence electrons. The predicted molar refractivity (Wildman–Crippen MR) is 111 cm³/mol. The lowest BCUT2D eigenvalue weighted by atomic mass is 10.1. The van der Waals surface area contributed by atoms with E-state index in [2.05, 4.69) is 15.4 Å². The van der Waals surface area contributed by atoms with Crippen LogP contribution in [-0.4, -0.2) is 31.8 Å². The van der Waals surface area contributed by atoms with E-state index in [0.717, 1.165) is 11.1 Å². The highest BCUT2D eigenvalue weighted by atomic mass is 19.1. The number of aryl methyl sites for hydroxylation is 1. The standard InChI is InChI=1S/C22H20FN5O2/c1-15-6-8-16(9-7-15)13-27-14-25-20-18(22(27)30)12-26-28(20)11-10-24-21(29)17-4-2-3-5-19(17)23/h2-9,12,14H,10-11,13H2,1H3,(H,24,29). The fourth-order valence-corrected chi connectivity index (χ4v) is 3.18. The summed E-state index contributed by atoms with van der Waals surface area (Å²) in [6, 6.07) is 13.7. The highest BCUT2D eigenvalue weighted by Gasteiger charge is 2.12. The third-order valence-corrected chi connectivity index (χ3v) is 4.82. The van der Waals surface area contributed by atoms with E-state index in [0.29, 0.717) is 24.1 Å². The van der Waals surface area contributed by atoms with Crippen LogP contribution in [-0.2, 0) is 13.1 Å². The summed E-state index contributed by atoms with van der Waals surface area (Å²) in [5, 5.41) is 7.28. The number of fused-ring (bicyclic) bond motifs is 1. The fourth-order valence-electron chi connectivity index (χ4n) is 3.18. The van der Waals surface area contributed by atoms with Gasteiger partial charge in [-0.15, -0.1) is 0 Å². The largest absolute Gasteiger partial charge is 0.350 e. The van der Waals surface area contributed by atoms with Gasteiger partial charge in [0.05, 0.1) is 24.8 Å². The lowest BCUT2D eigenvalue weighted by Gasteiger charge is -2.08. The first-order chi connectivity index (χ1) is 14.5. The zero-order chi connectivity index (χ0) is 21.1. The van der Waals surface area contributed by atoms with Gasteiger partial charge >= 0.3 is 0 Å². The quantitative estimate of drug-likeness (QED) is 0.534. The number of amides is 1. The maximum Gasteiger partial charge on any atom is 0.264 e. The summed E-state index contributed by atoms with van der Waals surface area (Å²) in [6.45, 7) is 2.96. The van der Waals surface area contributed by atoms with Crippen molar-refractivity contribution in [2.75, 3.05) is 6.54 Å². The second-order valence-corrected chi connectivity index (χ2v) is 7.00. The average molecular weight is 405 g/mol. The van der Waals surface area contributed by atoms with Crippen molar-refractivity contribution in [2.45, 2.75) is 20.0 Å². The van der Waals surface area contributed by atoms with Gasteiger partial charge in [0, 0.05) is 6.54 Å². The number of carbonyl (C=O) groups excluding carboxylic acids is 1. The second-order valence-electron chi connectivity index (χ2n) is 7.00. The summed E-state index contributed by atoms with van der Waals surface area (Å²) in [4.78, 5) is 29.3. The number of hydrogen-bond acceptors (Lipinski definition) is 4. The van der Waals surface area contributed by atoms with Gasteiger partial charge in [0.2, 0.25) is 0 Å². The average Bonchev–Trinajstić information content (AvgIpc) is 3.15. The van der Waals surface area contributed by atoms with Gasteiger partial charge in [0.25, 0.3) is 11.5 Å². The maximum absolute atomic E-state index is 13.7. The molecule has 0 unspecified atom stereocenters. The lowest BCUT2D eigenvalue weighted by Crippen LogP contribution is -2.28. The van der Waals surface area contributed by atoms with Crippen molar-refractivity contribution >= 4 is 16.9 Å². The zero-order valence-electron chi connectivity index (χ0n) is 16.4. The molecule has 4 rings (SSSR count). The topological polar surface area (TPSA) is 81.8 Å². The highest BCUT2D eigenvalue weighted by molar-refractivity contribution is 5.94.